The molecular weight excluding hydrogens is 188 g/mol. The molecule has 0 bridgehead atoms. The highest BCUT2D eigenvalue weighted by Gasteiger charge is 2.22. The second-order valence-electron chi connectivity index (χ2n) is 4.64. The molecular formula is C13H26O2. The number of epoxide rings is 1. The Balaban J connectivity index is 1.99. The summed E-state index contributed by atoms with van der Waals surface area (Å²) in [4.78, 5) is 0. The number of hydrogen-bond acceptors (Lipinski definition) is 2. The summed E-state index contributed by atoms with van der Waals surface area (Å²) in [6.45, 7) is 7.19. The highest BCUT2D eigenvalue weighted by atomic mass is 16.6. The van der Waals surface area contributed by atoms with E-state index in [4.69, 9.17) is 9.47 Å². The fourth-order valence-electron chi connectivity index (χ4n) is 1.93. The minimum absolute atomic E-state index is 0.419. The lowest BCUT2D eigenvalue weighted by atomic mass is 9.97. The second kappa shape index (κ2) is 8.12. The van der Waals surface area contributed by atoms with E-state index in [0.29, 0.717) is 6.10 Å². The molecule has 2 heteroatoms. The van der Waals surface area contributed by atoms with Crippen molar-refractivity contribution in [1.29, 1.82) is 0 Å². The zero-order valence-electron chi connectivity index (χ0n) is 10.3. The molecule has 2 unspecified atom stereocenters. The Bertz CT molecular complexity index is 143. The molecule has 1 saturated heterocycles. The number of unbranched alkanes of at least 4 members (excludes halogenated alkanes) is 2. The third-order valence-electron chi connectivity index (χ3n) is 2.97. The maximum atomic E-state index is 5.68. The van der Waals surface area contributed by atoms with Gasteiger partial charge in [-0.2, -0.15) is 0 Å². The monoisotopic (exact) mass is 214 g/mol. The van der Waals surface area contributed by atoms with Crippen LogP contribution in [0.5, 0.6) is 0 Å². The Labute approximate surface area is 94.3 Å². The molecule has 1 heterocycles. The van der Waals surface area contributed by atoms with E-state index < -0.39 is 0 Å². The van der Waals surface area contributed by atoms with Gasteiger partial charge in [0.2, 0.25) is 0 Å². The first-order chi connectivity index (χ1) is 7.36. The minimum atomic E-state index is 0.419. The molecule has 1 aliphatic heterocycles. The molecule has 1 rings (SSSR count). The van der Waals surface area contributed by atoms with Gasteiger partial charge in [-0.25, -0.2) is 0 Å². The van der Waals surface area contributed by atoms with Gasteiger partial charge >= 0.3 is 0 Å². The lowest BCUT2D eigenvalue weighted by molar-refractivity contribution is 0.0794. The van der Waals surface area contributed by atoms with Crippen molar-refractivity contribution < 1.29 is 9.47 Å². The van der Waals surface area contributed by atoms with Gasteiger partial charge in [-0.15, -0.1) is 0 Å². The first-order valence-electron chi connectivity index (χ1n) is 6.56. The van der Waals surface area contributed by atoms with Crippen LogP contribution in [0.1, 0.15) is 52.4 Å². The van der Waals surface area contributed by atoms with E-state index in [-0.39, 0.29) is 0 Å². The van der Waals surface area contributed by atoms with E-state index in [1.54, 1.807) is 0 Å². The van der Waals surface area contributed by atoms with E-state index in [1.807, 2.05) is 0 Å². The third kappa shape index (κ3) is 6.91. The predicted octanol–water partition coefficient (Wildman–Crippen LogP) is 3.40. The van der Waals surface area contributed by atoms with Crippen LogP contribution < -0.4 is 0 Å². The van der Waals surface area contributed by atoms with Crippen LogP contribution in [0.3, 0.4) is 0 Å². The van der Waals surface area contributed by atoms with E-state index in [1.165, 1.54) is 38.5 Å². The maximum absolute atomic E-state index is 5.68. The van der Waals surface area contributed by atoms with Crippen LogP contribution in [-0.2, 0) is 9.47 Å². The number of hydrogen-bond donors (Lipinski definition) is 0. The third-order valence-corrected chi connectivity index (χ3v) is 2.97. The van der Waals surface area contributed by atoms with Gasteiger partial charge in [0, 0.05) is 6.61 Å². The highest BCUT2D eigenvalue weighted by Crippen LogP contribution is 2.17. The molecule has 0 spiro atoms. The molecule has 0 N–H and O–H groups in total. The Morgan fingerprint density at radius 1 is 1.20 bits per heavy atom. The minimum Gasteiger partial charge on any atom is -0.378 e. The molecule has 1 aliphatic rings. The molecule has 0 aromatic carbocycles. The fourth-order valence-corrected chi connectivity index (χ4v) is 1.93. The Morgan fingerprint density at radius 2 is 2.00 bits per heavy atom. The molecule has 0 aromatic heterocycles. The highest BCUT2D eigenvalue weighted by molar-refractivity contribution is 4.68. The van der Waals surface area contributed by atoms with Crippen LogP contribution >= 0.6 is 0 Å². The summed E-state index contributed by atoms with van der Waals surface area (Å²) in [7, 11) is 0. The van der Waals surface area contributed by atoms with Gasteiger partial charge in [0.15, 0.2) is 0 Å². The molecule has 2 nitrogen and oxygen atoms in total. The number of ether oxygens (including phenoxy) is 2. The van der Waals surface area contributed by atoms with Crippen molar-refractivity contribution in [1.82, 2.24) is 0 Å². The Kier molecular flexibility index (Phi) is 7.03. The van der Waals surface area contributed by atoms with E-state index in [2.05, 4.69) is 13.8 Å². The molecule has 0 aliphatic carbocycles. The average molecular weight is 214 g/mol. The molecule has 15 heavy (non-hydrogen) atoms. The molecule has 1 fully saturated rings. The normalized spacial score (nSPS) is 21.6. The summed E-state index contributed by atoms with van der Waals surface area (Å²) < 4.78 is 10.8. The van der Waals surface area contributed by atoms with Gasteiger partial charge in [0.05, 0.1) is 13.2 Å². The zero-order valence-corrected chi connectivity index (χ0v) is 10.3. The van der Waals surface area contributed by atoms with Crippen molar-refractivity contribution in [2.75, 3.05) is 19.8 Å². The fraction of sp³-hybridized carbons (Fsp3) is 1.00. The van der Waals surface area contributed by atoms with Crippen molar-refractivity contribution >= 4 is 0 Å². The zero-order chi connectivity index (χ0) is 10.9. The molecule has 0 saturated carbocycles. The quantitative estimate of drug-likeness (QED) is 0.410. The van der Waals surface area contributed by atoms with Gasteiger partial charge in [0.1, 0.15) is 6.10 Å². The van der Waals surface area contributed by atoms with Gasteiger partial charge in [-0.3, -0.25) is 0 Å². The first-order valence-corrected chi connectivity index (χ1v) is 6.56. The lowest BCUT2D eigenvalue weighted by Gasteiger charge is -2.15. The first kappa shape index (κ1) is 13.0. The molecule has 0 amide bonds. The summed E-state index contributed by atoms with van der Waals surface area (Å²) in [5.74, 6) is 0.778. The van der Waals surface area contributed by atoms with Crippen LogP contribution in [0, 0.1) is 5.92 Å². The van der Waals surface area contributed by atoms with Gasteiger partial charge < -0.3 is 9.47 Å². The topological polar surface area (TPSA) is 21.8 Å². The van der Waals surface area contributed by atoms with Crippen molar-refractivity contribution in [2.24, 2.45) is 5.92 Å². The standard InChI is InChI=1S/C13H26O2/c1-3-5-6-8-12(7-4-2)9-14-10-13-11-15-13/h12-13H,3-11H2,1-2H3. The molecule has 2 atom stereocenters. The summed E-state index contributed by atoms with van der Waals surface area (Å²) in [5, 5.41) is 0. The van der Waals surface area contributed by atoms with E-state index in [9.17, 15) is 0 Å². The summed E-state index contributed by atoms with van der Waals surface area (Å²) in [5.41, 5.74) is 0. The van der Waals surface area contributed by atoms with Crippen LogP contribution in [0.15, 0.2) is 0 Å². The molecule has 90 valence electrons. The second-order valence-corrected chi connectivity index (χ2v) is 4.64. The summed E-state index contributed by atoms with van der Waals surface area (Å²) in [6, 6.07) is 0. The van der Waals surface area contributed by atoms with Gasteiger partial charge in [-0.1, -0.05) is 39.5 Å². The lowest BCUT2D eigenvalue weighted by Crippen LogP contribution is -2.12. The van der Waals surface area contributed by atoms with E-state index >= 15 is 0 Å². The SMILES string of the molecule is CCCCCC(CCC)COCC1CO1. The van der Waals surface area contributed by atoms with Crippen molar-refractivity contribution in [3.05, 3.63) is 0 Å². The van der Waals surface area contributed by atoms with Gasteiger partial charge in [0.25, 0.3) is 0 Å². The van der Waals surface area contributed by atoms with Crippen LogP contribution in [0.25, 0.3) is 0 Å². The number of rotatable bonds is 10. The van der Waals surface area contributed by atoms with Crippen molar-refractivity contribution in [3.8, 4) is 0 Å². The van der Waals surface area contributed by atoms with Crippen LogP contribution in [0.2, 0.25) is 0 Å². The Hall–Kier alpha value is -0.0800. The van der Waals surface area contributed by atoms with E-state index in [0.717, 1.165) is 25.7 Å². The maximum Gasteiger partial charge on any atom is 0.104 e. The van der Waals surface area contributed by atoms with Crippen molar-refractivity contribution in [2.45, 2.75) is 58.5 Å². The summed E-state index contributed by atoms with van der Waals surface area (Å²) in [6.07, 6.45) is 8.40. The smallest absolute Gasteiger partial charge is 0.104 e. The van der Waals surface area contributed by atoms with Crippen molar-refractivity contribution in [3.63, 3.8) is 0 Å². The largest absolute Gasteiger partial charge is 0.378 e. The van der Waals surface area contributed by atoms with Gasteiger partial charge in [-0.05, 0) is 18.8 Å². The Morgan fingerprint density at radius 3 is 2.60 bits per heavy atom. The predicted molar refractivity (Wildman–Crippen MR) is 63.1 cm³/mol. The molecule has 0 aromatic rings. The average Bonchev–Trinajstić information content (AvgIpc) is 3.02. The molecule has 0 radical (unpaired) electrons. The summed E-state index contributed by atoms with van der Waals surface area (Å²) >= 11 is 0. The van der Waals surface area contributed by atoms with Crippen LogP contribution in [-0.4, -0.2) is 25.9 Å². The van der Waals surface area contributed by atoms with Crippen LogP contribution in [0.4, 0.5) is 0 Å².